The van der Waals surface area contributed by atoms with Crippen LogP contribution in [0.5, 0.6) is 0 Å². The maximum absolute atomic E-state index is 13.9. The van der Waals surface area contributed by atoms with E-state index >= 15 is 0 Å². The first-order chi connectivity index (χ1) is 20.1. The van der Waals surface area contributed by atoms with E-state index in [1.54, 1.807) is 0 Å². The number of fused-ring (bicyclic) bond motifs is 1. The fourth-order valence-electron chi connectivity index (χ4n) is 6.57. The summed E-state index contributed by atoms with van der Waals surface area (Å²) in [4.78, 5) is 22.8. The fourth-order valence-corrected chi connectivity index (χ4v) is 6.57. The van der Waals surface area contributed by atoms with Crippen molar-refractivity contribution in [2.24, 2.45) is 28.1 Å². The normalized spacial score (nSPS) is 18.4. The van der Waals surface area contributed by atoms with Crippen LogP contribution < -0.4 is 17.2 Å². The smallest absolute Gasteiger partial charge is 0.227 e. The van der Waals surface area contributed by atoms with Gasteiger partial charge in [0.05, 0.1) is 6.42 Å². The minimum atomic E-state index is 0.00552. The molecule has 1 aliphatic heterocycles. The number of hydrogen-bond donors (Lipinski definition) is 3. The van der Waals surface area contributed by atoms with E-state index in [0.29, 0.717) is 25.4 Å². The SMILES string of the molecule is Cc1cc(C)cc(CC(N)CN2CC(CC(C)C)N(C(=O)Cc3ccc4ccccc4c3)CC2CCCN=C(N)N)c1. The first-order valence-electron chi connectivity index (χ1n) is 15.5. The standard InChI is InChI=1S/C35H50N6O/c1-24(2)14-33-22-40(21-31(36)19-28-16-25(3)15-26(4)17-28)32(10-7-13-39-35(37)38)23-41(33)34(42)20-27-11-12-29-8-5-6-9-30(29)18-27/h5-6,8-9,11-12,15-18,24,31-33H,7,10,13-14,19-23,36H2,1-4H3,(H4,37,38,39). The van der Waals surface area contributed by atoms with E-state index in [9.17, 15) is 4.79 Å². The molecule has 7 heteroatoms. The summed E-state index contributed by atoms with van der Waals surface area (Å²) in [5.74, 6) is 0.801. The highest BCUT2D eigenvalue weighted by atomic mass is 16.2. The monoisotopic (exact) mass is 570 g/mol. The van der Waals surface area contributed by atoms with Gasteiger partial charge in [-0.25, -0.2) is 0 Å². The lowest BCUT2D eigenvalue weighted by Gasteiger charge is -2.48. The van der Waals surface area contributed by atoms with Gasteiger partial charge in [0, 0.05) is 44.3 Å². The van der Waals surface area contributed by atoms with Crippen molar-refractivity contribution < 1.29 is 4.79 Å². The summed E-state index contributed by atoms with van der Waals surface area (Å²) < 4.78 is 0. The number of benzene rings is 3. The van der Waals surface area contributed by atoms with Gasteiger partial charge in [-0.2, -0.15) is 0 Å². The van der Waals surface area contributed by atoms with Crippen molar-refractivity contribution in [3.05, 3.63) is 82.9 Å². The Morgan fingerprint density at radius 2 is 1.64 bits per heavy atom. The minimum absolute atomic E-state index is 0.00552. The van der Waals surface area contributed by atoms with Crippen LogP contribution in [-0.4, -0.2) is 66.0 Å². The highest BCUT2D eigenvalue weighted by Crippen LogP contribution is 2.26. The zero-order valence-corrected chi connectivity index (χ0v) is 25.9. The first-order valence-corrected chi connectivity index (χ1v) is 15.5. The third kappa shape index (κ3) is 9.04. The van der Waals surface area contributed by atoms with Gasteiger partial charge in [0.1, 0.15) is 0 Å². The number of rotatable bonds is 12. The fraction of sp³-hybridized carbons (Fsp3) is 0.486. The number of nitrogens with zero attached hydrogens (tertiary/aromatic N) is 3. The average Bonchev–Trinajstić information content (AvgIpc) is 2.90. The van der Waals surface area contributed by atoms with Gasteiger partial charge in [0.2, 0.25) is 5.91 Å². The Kier molecular flexibility index (Phi) is 11.0. The Morgan fingerprint density at radius 3 is 2.33 bits per heavy atom. The van der Waals surface area contributed by atoms with Gasteiger partial charge in [0.15, 0.2) is 5.96 Å². The molecule has 0 bridgehead atoms. The number of carbonyl (C=O) groups is 1. The Balaban J connectivity index is 1.52. The highest BCUT2D eigenvalue weighted by Gasteiger charge is 2.36. The molecule has 0 aliphatic carbocycles. The van der Waals surface area contributed by atoms with Crippen LogP contribution in [0.3, 0.4) is 0 Å². The van der Waals surface area contributed by atoms with E-state index in [2.05, 4.69) is 91.0 Å². The molecule has 1 amide bonds. The molecule has 0 saturated carbocycles. The van der Waals surface area contributed by atoms with Crippen molar-refractivity contribution >= 4 is 22.6 Å². The van der Waals surface area contributed by atoms with Gasteiger partial charge in [0.25, 0.3) is 0 Å². The second-order valence-corrected chi connectivity index (χ2v) is 12.7. The molecule has 0 radical (unpaired) electrons. The number of aliphatic imine (C=N–C) groups is 1. The molecule has 4 rings (SSSR count). The maximum Gasteiger partial charge on any atom is 0.227 e. The van der Waals surface area contributed by atoms with Gasteiger partial charge in [-0.05, 0) is 67.3 Å². The van der Waals surface area contributed by atoms with Crippen LogP contribution in [0.15, 0.2) is 65.7 Å². The molecule has 1 saturated heterocycles. The molecular weight excluding hydrogens is 520 g/mol. The van der Waals surface area contributed by atoms with Crippen molar-refractivity contribution in [3.63, 3.8) is 0 Å². The number of guanidine groups is 1. The molecular formula is C35H50N6O. The van der Waals surface area contributed by atoms with Gasteiger partial charge >= 0.3 is 0 Å². The Bertz CT molecular complexity index is 1340. The van der Waals surface area contributed by atoms with Crippen LogP contribution in [0.2, 0.25) is 0 Å². The summed E-state index contributed by atoms with van der Waals surface area (Å²) in [6, 6.07) is 21.7. The molecule has 3 unspecified atom stereocenters. The maximum atomic E-state index is 13.9. The molecule has 1 heterocycles. The second kappa shape index (κ2) is 14.7. The third-order valence-corrected chi connectivity index (χ3v) is 8.28. The van der Waals surface area contributed by atoms with Crippen molar-refractivity contribution in [1.29, 1.82) is 0 Å². The summed E-state index contributed by atoms with van der Waals surface area (Å²) in [6.07, 6.45) is 3.96. The van der Waals surface area contributed by atoms with Crippen LogP contribution in [0, 0.1) is 19.8 Å². The lowest BCUT2D eigenvalue weighted by molar-refractivity contribution is -0.138. The van der Waals surface area contributed by atoms with Crippen molar-refractivity contribution in [2.45, 2.75) is 77.9 Å². The minimum Gasteiger partial charge on any atom is -0.370 e. The number of hydrogen-bond acceptors (Lipinski definition) is 4. The summed E-state index contributed by atoms with van der Waals surface area (Å²) in [5.41, 5.74) is 22.8. The topological polar surface area (TPSA) is 114 Å². The summed E-state index contributed by atoms with van der Waals surface area (Å²) in [5, 5.41) is 2.36. The largest absolute Gasteiger partial charge is 0.370 e. The number of carbonyl (C=O) groups excluding carboxylic acids is 1. The number of nitrogens with two attached hydrogens (primary N) is 3. The molecule has 3 aromatic rings. The van der Waals surface area contributed by atoms with E-state index in [0.717, 1.165) is 44.3 Å². The summed E-state index contributed by atoms with van der Waals surface area (Å²) in [6.45, 7) is 11.7. The van der Waals surface area contributed by atoms with Crippen LogP contribution in [-0.2, 0) is 17.6 Å². The summed E-state index contributed by atoms with van der Waals surface area (Å²) >= 11 is 0. The molecule has 1 fully saturated rings. The van der Waals surface area contributed by atoms with Crippen LogP contribution in [0.4, 0.5) is 0 Å². The molecule has 7 nitrogen and oxygen atoms in total. The first kappa shape index (κ1) is 31.5. The van der Waals surface area contributed by atoms with Gasteiger partial charge in [-0.1, -0.05) is 85.6 Å². The Morgan fingerprint density at radius 1 is 0.929 bits per heavy atom. The van der Waals surface area contributed by atoms with Crippen molar-refractivity contribution in [3.8, 4) is 0 Å². The Hall–Kier alpha value is -3.42. The van der Waals surface area contributed by atoms with Crippen molar-refractivity contribution in [1.82, 2.24) is 9.80 Å². The second-order valence-electron chi connectivity index (χ2n) is 12.7. The van der Waals surface area contributed by atoms with Crippen LogP contribution in [0.1, 0.15) is 55.4 Å². The third-order valence-electron chi connectivity index (χ3n) is 8.28. The van der Waals surface area contributed by atoms with Gasteiger partial charge < -0.3 is 22.1 Å². The molecule has 6 N–H and O–H groups in total. The summed E-state index contributed by atoms with van der Waals surface area (Å²) in [7, 11) is 0. The van der Waals surface area contributed by atoms with Gasteiger partial charge in [-0.15, -0.1) is 0 Å². The molecule has 3 atom stereocenters. The predicted molar refractivity (Wildman–Crippen MR) is 175 cm³/mol. The molecule has 42 heavy (non-hydrogen) atoms. The number of amides is 1. The van der Waals surface area contributed by atoms with E-state index in [4.69, 9.17) is 17.2 Å². The molecule has 1 aliphatic rings. The van der Waals surface area contributed by atoms with E-state index < -0.39 is 0 Å². The zero-order chi connectivity index (χ0) is 30.2. The van der Waals surface area contributed by atoms with E-state index in [-0.39, 0.29) is 30.0 Å². The molecule has 3 aromatic carbocycles. The van der Waals surface area contributed by atoms with Crippen molar-refractivity contribution in [2.75, 3.05) is 26.2 Å². The molecule has 0 aromatic heterocycles. The lowest BCUT2D eigenvalue weighted by Crippen LogP contribution is -2.62. The highest BCUT2D eigenvalue weighted by molar-refractivity contribution is 5.85. The van der Waals surface area contributed by atoms with Gasteiger partial charge in [-0.3, -0.25) is 14.7 Å². The number of piperazine rings is 1. The lowest BCUT2D eigenvalue weighted by atomic mass is 9.93. The van der Waals surface area contributed by atoms with E-state index in [1.807, 2.05) is 12.1 Å². The Labute approximate surface area is 252 Å². The van der Waals surface area contributed by atoms with Crippen LogP contribution >= 0.6 is 0 Å². The van der Waals surface area contributed by atoms with E-state index in [1.165, 1.54) is 27.5 Å². The number of aryl methyl sites for hydroxylation is 2. The molecule has 0 spiro atoms. The molecule has 226 valence electrons. The average molecular weight is 571 g/mol. The predicted octanol–water partition coefficient (Wildman–Crippen LogP) is 4.55. The van der Waals surface area contributed by atoms with Crippen LogP contribution in [0.25, 0.3) is 10.8 Å². The zero-order valence-electron chi connectivity index (χ0n) is 25.9. The quantitative estimate of drug-likeness (QED) is 0.168.